The molecule has 0 aliphatic rings. The van der Waals surface area contributed by atoms with E-state index in [0.717, 1.165) is 15.3 Å². The van der Waals surface area contributed by atoms with E-state index in [1.807, 2.05) is 36.6 Å². The molecule has 0 saturated heterocycles. The van der Waals surface area contributed by atoms with Crippen molar-refractivity contribution in [2.45, 2.75) is 4.21 Å². The minimum Gasteiger partial charge on any atom is -0.276 e. The molecule has 14 heavy (non-hydrogen) atoms. The van der Waals surface area contributed by atoms with Gasteiger partial charge in [0, 0.05) is 0 Å². The predicted molar refractivity (Wildman–Crippen MR) is 65.7 cm³/mol. The third-order valence-electron chi connectivity index (χ3n) is 1.85. The minimum absolute atomic E-state index is 0.172. The zero-order valence-corrected chi connectivity index (χ0v) is 9.97. The summed E-state index contributed by atoms with van der Waals surface area (Å²) in [6.45, 7) is 0. The van der Waals surface area contributed by atoms with Gasteiger partial charge in [-0.1, -0.05) is 40.7 Å². The van der Waals surface area contributed by atoms with Crippen LogP contribution >= 0.6 is 32.4 Å². The van der Waals surface area contributed by atoms with Gasteiger partial charge in [0.1, 0.15) is 0 Å². The second kappa shape index (κ2) is 4.29. The van der Waals surface area contributed by atoms with Crippen molar-refractivity contribution in [3.63, 3.8) is 0 Å². The lowest BCUT2D eigenvalue weighted by atomic mass is 10.1. The second-order valence-electron chi connectivity index (χ2n) is 2.69. The molecule has 1 heterocycles. The lowest BCUT2D eigenvalue weighted by Gasteiger charge is -1.97. The van der Waals surface area contributed by atoms with Crippen LogP contribution in [0.3, 0.4) is 0 Å². The van der Waals surface area contributed by atoms with E-state index in [0.29, 0.717) is 0 Å². The van der Waals surface area contributed by atoms with Crippen LogP contribution in [0.15, 0.2) is 39.3 Å². The molecule has 4 heteroatoms. The summed E-state index contributed by atoms with van der Waals surface area (Å²) in [5, 5.41) is 0. The Kier molecular flexibility index (Phi) is 3.05. The van der Waals surface area contributed by atoms with Crippen LogP contribution in [0.4, 0.5) is 0 Å². The fraction of sp³-hybridized carbons (Fsp3) is 0.100. The van der Waals surface area contributed by atoms with Gasteiger partial charge < -0.3 is 0 Å². The highest BCUT2D eigenvalue weighted by Crippen LogP contribution is 2.33. The van der Waals surface area contributed by atoms with Gasteiger partial charge in [0.25, 0.3) is 4.74 Å². The Morgan fingerprint density at radius 3 is 2.50 bits per heavy atom. The summed E-state index contributed by atoms with van der Waals surface area (Å²) in [5.74, 6) is 0. The van der Waals surface area contributed by atoms with E-state index in [4.69, 9.17) is 0 Å². The SMILES string of the molecule is CSc1ssc(=O)c1-c1ccccc1. The Hall–Kier alpha value is -0.580. The molecule has 0 amide bonds. The van der Waals surface area contributed by atoms with Crippen LogP contribution in [0.2, 0.25) is 0 Å². The average Bonchev–Trinajstić information content (AvgIpc) is 2.61. The van der Waals surface area contributed by atoms with Crippen molar-refractivity contribution in [3.05, 3.63) is 39.9 Å². The molecule has 0 bridgehead atoms. The normalized spacial score (nSPS) is 10.4. The van der Waals surface area contributed by atoms with Crippen LogP contribution in [-0.4, -0.2) is 6.26 Å². The summed E-state index contributed by atoms with van der Waals surface area (Å²) in [7, 11) is 2.88. The molecule has 0 unspecified atom stereocenters. The van der Waals surface area contributed by atoms with E-state index < -0.39 is 0 Å². The number of benzene rings is 1. The van der Waals surface area contributed by atoms with Crippen LogP contribution in [0, 0.1) is 0 Å². The molecule has 0 atom stereocenters. The number of hydrogen-bond donors (Lipinski definition) is 0. The Morgan fingerprint density at radius 1 is 1.14 bits per heavy atom. The molecule has 1 aromatic carbocycles. The predicted octanol–water partition coefficient (Wildman–Crippen LogP) is 3.56. The monoisotopic (exact) mass is 240 g/mol. The van der Waals surface area contributed by atoms with Crippen molar-refractivity contribution >= 4 is 32.4 Å². The summed E-state index contributed by atoms with van der Waals surface area (Å²) in [4.78, 5) is 11.6. The van der Waals surface area contributed by atoms with Gasteiger partial charge in [-0.05, 0) is 22.2 Å². The van der Waals surface area contributed by atoms with Crippen molar-refractivity contribution in [1.29, 1.82) is 0 Å². The molecule has 0 spiro atoms. The van der Waals surface area contributed by atoms with E-state index in [2.05, 4.69) is 0 Å². The zero-order valence-electron chi connectivity index (χ0n) is 7.52. The molecule has 0 aliphatic carbocycles. The van der Waals surface area contributed by atoms with Crippen LogP contribution in [0.5, 0.6) is 0 Å². The topological polar surface area (TPSA) is 17.1 Å². The highest BCUT2D eigenvalue weighted by atomic mass is 32.9. The van der Waals surface area contributed by atoms with Gasteiger partial charge in [0.15, 0.2) is 0 Å². The average molecular weight is 240 g/mol. The zero-order chi connectivity index (χ0) is 9.97. The number of hydrogen-bond acceptors (Lipinski definition) is 4. The molecule has 0 fully saturated rings. The van der Waals surface area contributed by atoms with Gasteiger partial charge in [0.2, 0.25) is 0 Å². The van der Waals surface area contributed by atoms with Crippen molar-refractivity contribution in [2.75, 3.05) is 6.26 Å². The summed E-state index contributed by atoms with van der Waals surface area (Å²) < 4.78 is 1.29. The number of rotatable bonds is 2. The molecular formula is C10H8OS3. The van der Waals surface area contributed by atoms with Crippen LogP contribution < -0.4 is 4.74 Å². The van der Waals surface area contributed by atoms with E-state index in [1.165, 1.54) is 10.3 Å². The Bertz CT molecular complexity index is 470. The Balaban J connectivity index is 2.61. The number of thioether (sulfide) groups is 1. The first-order valence-electron chi connectivity index (χ1n) is 4.05. The van der Waals surface area contributed by atoms with Crippen molar-refractivity contribution < 1.29 is 0 Å². The molecule has 0 N–H and O–H groups in total. The third-order valence-corrected chi connectivity index (χ3v) is 5.49. The standard InChI is InChI=1S/C10H8OS3/c1-12-10-8(9(11)13-14-10)7-5-3-2-4-6-7/h2-6H,1H3. The Labute approximate surface area is 93.8 Å². The molecule has 0 radical (unpaired) electrons. The van der Waals surface area contributed by atoms with Gasteiger partial charge in [0.05, 0.1) is 9.77 Å². The fourth-order valence-electron chi connectivity index (χ4n) is 1.22. The quantitative estimate of drug-likeness (QED) is 0.590. The molecule has 0 saturated carbocycles. The van der Waals surface area contributed by atoms with E-state index in [-0.39, 0.29) is 4.74 Å². The first-order valence-corrected chi connectivity index (χ1v) is 7.43. The minimum atomic E-state index is 0.172. The fourth-order valence-corrected chi connectivity index (χ4v) is 4.66. The third kappa shape index (κ3) is 1.78. The summed E-state index contributed by atoms with van der Waals surface area (Å²) in [6, 6.07) is 9.84. The first kappa shape index (κ1) is 9.96. The van der Waals surface area contributed by atoms with Gasteiger partial charge in [-0.25, -0.2) is 0 Å². The van der Waals surface area contributed by atoms with Crippen LogP contribution in [-0.2, 0) is 0 Å². The summed E-state index contributed by atoms with van der Waals surface area (Å²) >= 11 is 1.64. The molecule has 0 aliphatic heterocycles. The van der Waals surface area contributed by atoms with Crippen molar-refractivity contribution in [2.24, 2.45) is 0 Å². The highest BCUT2D eigenvalue weighted by Gasteiger charge is 2.11. The smallest absolute Gasteiger partial charge is 0.251 e. The van der Waals surface area contributed by atoms with Gasteiger partial charge in [-0.3, -0.25) is 4.79 Å². The highest BCUT2D eigenvalue weighted by molar-refractivity contribution is 8.02. The lowest BCUT2D eigenvalue weighted by Crippen LogP contribution is -1.93. The molecule has 2 rings (SSSR count). The molecule has 2 aromatic rings. The van der Waals surface area contributed by atoms with E-state index in [9.17, 15) is 4.79 Å². The first-order chi connectivity index (χ1) is 6.83. The van der Waals surface area contributed by atoms with Gasteiger partial charge in [-0.15, -0.1) is 11.8 Å². The van der Waals surface area contributed by atoms with E-state index in [1.54, 1.807) is 22.1 Å². The largest absolute Gasteiger partial charge is 0.276 e. The van der Waals surface area contributed by atoms with E-state index >= 15 is 0 Å². The van der Waals surface area contributed by atoms with Crippen molar-refractivity contribution in [1.82, 2.24) is 0 Å². The molecule has 1 nitrogen and oxygen atoms in total. The lowest BCUT2D eigenvalue weighted by molar-refractivity contribution is 1.58. The second-order valence-corrected chi connectivity index (χ2v) is 5.87. The summed E-state index contributed by atoms with van der Waals surface area (Å²) in [6.07, 6.45) is 2.00. The van der Waals surface area contributed by atoms with Gasteiger partial charge >= 0.3 is 0 Å². The maximum Gasteiger partial charge on any atom is 0.251 e. The van der Waals surface area contributed by atoms with Crippen LogP contribution in [0.25, 0.3) is 11.1 Å². The van der Waals surface area contributed by atoms with Gasteiger partial charge in [-0.2, -0.15) is 0 Å². The molecule has 72 valence electrons. The van der Waals surface area contributed by atoms with Crippen molar-refractivity contribution in [3.8, 4) is 11.1 Å². The molecule has 1 aromatic heterocycles. The maximum absolute atomic E-state index is 11.6. The van der Waals surface area contributed by atoms with Crippen LogP contribution in [0.1, 0.15) is 0 Å². The molecular weight excluding hydrogens is 232 g/mol. The maximum atomic E-state index is 11.6. The Morgan fingerprint density at radius 2 is 1.86 bits per heavy atom. The summed E-state index contributed by atoms with van der Waals surface area (Å²) in [5.41, 5.74) is 1.90.